The Morgan fingerprint density at radius 2 is 2.03 bits per heavy atom. The molecule has 2 unspecified atom stereocenters. The Hall–Kier alpha value is -2.69. The molecular formula is C23H33N5O5. The number of hydrogen-bond donors (Lipinski definition) is 3. The van der Waals surface area contributed by atoms with Gasteiger partial charge < -0.3 is 30.1 Å². The minimum absolute atomic E-state index is 0.144. The van der Waals surface area contributed by atoms with Crippen molar-refractivity contribution >= 4 is 34.8 Å². The average Bonchev–Trinajstić information content (AvgIpc) is 3.03. The number of carbonyl (C=O) groups excluding carboxylic acids is 2. The molecule has 0 aliphatic carbocycles. The number of likely N-dealkylation sites (tertiary alicyclic amines) is 1. The molecule has 2 saturated heterocycles. The molecular weight excluding hydrogens is 426 g/mol. The van der Waals surface area contributed by atoms with Crippen molar-refractivity contribution in [2.24, 2.45) is 5.92 Å². The molecule has 2 fully saturated rings. The molecule has 3 heterocycles. The summed E-state index contributed by atoms with van der Waals surface area (Å²) in [6.07, 6.45) is 3.72. The molecule has 33 heavy (non-hydrogen) atoms. The third-order valence-corrected chi connectivity index (χ3v) is 6.97. The van der Waals surface area contributed by atoms with E-state index in [2.05, 4.69) is 15.5 Å². The SMILES string of the molecule is C[N+]1([O-])CN(C2CCC(=O)NC2=O)c2ccc(NCC3CCN(CCCC(=O)O)CC3)cc21. The van der Waals surface area contributed by atoms with Gasteiger partial charge in [-0.3, -0.25) is 19.7 Å². The molecule has 3 N–H and O–H groups in total. The zero-order chi connectivity index (χ0) is 23.6. The highest BCUT2D eigenvalue weighted by atomic mass is 16.5. The third kappa shape index (κ3) is 5.45. The van der Waals surface area contributed by atoms with Gasteiger partial charge in [-0.2, -0.15) is 0 Å². The summed E-state index contributed by atoms with van der Waals surface area (Å²) in [7, 11) is 1.59. The number of nitrogens with one attached hydrogen (secondary N) is 2. The first kappa shape index (κ1) is 23.5. The van der Waals surface area contributed by atoms with Crippen LogP contribution in [0.25, 0.3) is 0 Å². The van der Waals surface area contributed by atoms with E-state index in [0.717, 1.165) is 50.4 Å². The van der Waals surface area contributed by atoms with Crippen LogP contribution in [0.15, 0.2) is 18.2 Å². The lowest BCUT2D eigenvalue weighted by Gasteiger charge is -2.36. The highest BCUT2D eigenvalue weighted by molar-refractivity contribution is 6.02. The second kappa shape index (κ2) is 9.66. The molecule has 10 nitrogen and oxygen atoms in total. The van der Waals surface area contributed by atoms with Crippen LogP contribution in [0.1, 0.15) is 38.5 Å². The molecule has 180 valence electrons. The van der Waals surface area contributed by atoms with Gasteiger partial charge in [0.15, 0.2) is 12.4 Å². The number of imide groups is 1. The largest absolute Gasteiger partial charge is 0.626 e. The van der Waals surface area contributed by atoms with Crippen molar-refractivity contribution in [3.63, 3.8) is 0 Å². The fourth-order valence-electron chi connectivity index (χ4n) is 5.07. The van der Waals surface area contributed by atoms with Crippen LogP contribution in [-0.2, 0) is 14.4 Å². The van der Waals surface area contributed by atoms with Gasteiger partial charge in [0.2, 0.25) is 11.8 Å². The first-order valence-electron chi connectivity index (χ1n) is 11.7. The number of hydrogen-bond acceptors (Lipinski definition) is 7. The number of carbonyl (C=O) groups is 3. The maximum Gasteiger partial charge on any atom is 0.303 e. The van der Waals surface area contributed by atoms with E-state index in [-0.39, 0.29) is 31.3 Å². The van der Waals surface area contributed by atoms with Gasteiger partial charge in [-0.05, 0) is 63.4 Å². The zero-order valence-electron chi connectivity index (χ0n) is 19.1. The average molecular weight is 460 g/mol. The highest BCUT2D eigenvalue weighted by Crippen LogP contribution is 2.43. The molecule has 0 aromatic heterocycles. The smallest absolute Gasteiger partial charge is 0.303 e. The van der Waals surface area contributed by atoms with Crippen molar-refractivity contribution in [2.45, 2.75) is 44.6 Å². The first-order valence-corrected chi connectivity index (χ1v) is 11.7. The Labute approximate surface area is 193 Å². The van der Waals surface area contributed by atoms with Gasteiger partial charge in [-0.15, -0.1) is 0 Å². The van der Waals surface area contributed by atoms with Crippen LogP contribution < -0.4 is 20.2 Å². The summed E-state index contributed by atoms with van der Waals surface area (Å²) in [5.41, 5.74) is 2.27. The van der Waals surface area contributed by atoms with E-state index < -0.39 is 16.7 Å². The van der Waals surface area contributed by atoms with Gasteiger partial charge in [0, 0.05) is 31.1 Å². The van der Waals surface area contributed by atoms with Gasteiger partial charge >= 0.3 is 5.97 Å². The molecule has 10 heteroatoms. The van der Waals surface area contributed by atoms with Gasteiger partial charge in [-0.25, -0.2) is 0 Å². The van der Waals surface area contributed by atoms with Crippen LogP contribution in [0, 0.1) is 11.1 Å². The number of rotatable bonds is 8. The summed E-state index contributed by atoms with van der Waals surface area (Å²) >= 11 is 0. The Balaban J connectivity index is 1.33. The number of amides is 2. The van der Waals surface area contributed by atoms with Crippen molar-refractivity contribution < 1.29 is 19.5 Å². The quantitative estimate of drug-likeness (QED) is 0.305. The summed E-state index contributed by atoms with van der Waals surface area (Å²) in [5.74, 6) is -0.810. The Morgan fingerprint density at radius 1 is 1.27 bits per heavy atom. The van der Waals surface area contributed by atoms with E-state index in [1.807, 2.05) is 23.1 Å². The summed E-state index contributed by atoms with van der Waals surface area (Å²) in [6, 6.07) is 5.22. The number of carboxylic acids is 1. The first-order chi connectivity index (χ1) is 15.7. The van der Waals surface area contributed by atoms with Crippen LogP contribution >= 0.6 is 0 Å². The van der Waals surface area contributed by atoms with Crippen LogP contribution in [0.4, 0.5) is 17.1 Å². The van der Waals surface area contributed by atoms with Gasteiger partial charge in [0.05, 0.1) is 7.05 Å². The summed E-state index contributed by atoms with van der Waals surface area (Å²) in [4.78, 5) is 38.7. The molecule has 1 aromatic rings. The summed E-state index contributed by atoms with van der Waals surface area (Å²) < 4.78 is -0.586. The Bertz CT molecular complexity index is 913. The third-order valence-electron chi connectivity index (χ3n) is 6.97. The van der Waals surface area contributed by atoms with E-state index in [0.29, 0.717) is 24.4 Å². The van der Waals surface area contributed by atoms with E-state index in [9.17, 15) is 19.6 Å². The number of fused-ring (bicyclic) bond motifs is 1. The van der Waals surface area contributed by atoms with Gasteiger partial charge in [0.25, 0.3) is 0 Å². The van der Waals surface area contributed by atoms with Crippen molar-refractivity contribution in [1.29, 1.82) is 0 Å². The van der Waals surface area contributed by atoms with Crippen LogP contribution in [0.3, 0.4) is 0 Å². The van der Waals surface area contributed by atoms with Crippen LogP contribution in [0.2, 0.25) is 0 Å². The normalized spacial score (nSPS) is 26.2. The lowest BCUT2D eigenvalue weighted by Crippen LogP contribution is -2.55. The predicted molar refractivity (Wildman–Crippen MR) is 126 cm³/mol. The highest BCUT2D eigenvalue weighted by Gasteiger charge is 2.41. The van der Waals surface area contributed by atoms with E-state index >= 15 is 0 Å². The van der Waals surface area contributed by atoms with Crippen molar-refractivity contribution in [1.82, 2.24) is 14.9 Å². The van der Waals surface area contributed by atoms with E-state index in [1.54, 1.807) is 7.05 Å². The molecule has 3 aliphatic rings. The lowest BCUT2D eigenvalue weighted by atomic mass is 9.96. The maximum absolute atomic E-state index is 13.2. The Kier molecular flexibility index (Phi) is 6.87. The number of carboxylic acid groups (broad SMARTS) is 1. The topological polar surface area (TPSA) is 125 Å². The van der Waals surface area contributed by atoms with Crippen molar-refractivity contribution in [3.8, 4) is 0 Å². The molecule has 2 atom stereocenters. The number of aliphatic carboxylic acids is 1. The van der Waals surface area contributed by atoms with E-state index in [4.69, 9.17) is 5.11 Å². The summed E-state index contributed by atoms with van der Waals surface area (Å²) in [6.45, 7) is 3.76. The van der Waals surface area contributed by atoms with Gasteiger partial charge in [-0.1, -0.05) is 0 Å². The maximum atomic E-state index is 13.2. The standard InChI is InChI=1S/C23H33N5O5/c1-28(33)15-27(19-6-7-21(29)25-23(19)32)18-5-4-17(13-20(18)28)24-14-16-8-11-26(12-9-16)10-2-3-22(30)31/h4-5,13,16,19,24H,2-3,6-12,14-15H2,1H3,(H,30,31)(H,25,29,32). The fourth-order valence-corrected chi connectivity index (χ4v) is 5.07. The number of nitrogens with zero attached hydrogens (tertiary/aromatic N) is 3. The number of benzene rings is 1. The fraction of sp³-hybridized carbons (Fsp3) is 0.609. The van der Waals surface area contributed by atoms with E-state index in [1.165, 1.54) is 0 Å². The predicted octanol–water partition coefficient (Wildman–Crippen LogP) is 1.69. The molecule has 3 aliphatic heterocycles. The van der Waals surface area contributed by atoms with Crippen molar-refractivity contribution in [2.75, 3.05) is 50.1 Å². The molecule has 0 radical (unpaired) electrons. The second-order valence-corrected chi connectivity index (χ2v) is 9.55. The van der Waals surface area contributed by atoms with Crippen LogP contribution in [0.5, 0.6) is 0 Å². The Morgan fingerprint density at radius 3 is 2.73 bits per heavy atom. The number of quaternary nitrogens is 1. The molecule has 0 bridgehead atoms. The molecule has 2 amide bonds. The monoisotopic (exact) mass is 459 g/mol. The molecule has 0 saturated carbocycles. The number of anilines is 2. The summed E-state index contributed by atoms with van der Waals surface area (Å²) in [5, 5.41) is 27.8. The lowest BCUT2D eigenvalue weighted by molar-refractivity contribution is -0.137. The van der Waals surface area contributed by atoms with Crippen LogP contribution in [-0.4, -0.2) is 73.7 Å². The minimum atomic E-state index is -0.739. The van der Waals surface area contributed by atoms with Gasteiger partial charge in [0.1, 0.15) is 11.7 Å². The van der Waals surface area contributed by atoms with Crippen molar-refractivity contribution in [3.05, 3.63) is 23.4 Å². The zero-order valence-corrected chi connectivity index (χ0v) is 19.1. The minimum Gasteiger partial charge on any atom is -0.626 e. The number of piperidine rings is 2. The number of hydroxylamine groups is 2. The second-order valence-electron chi connectivity index (χ2n) is 9.55. The molecule has 0 spiro atoms. The molecule has 1 aromatic carbocycles. The molecule has 4 rings (SSSR count).